The summed E-state index contributed by atoms with van der Waals surface area (Å²) in [5, 5.41) is 0. The molecule has 0 saturated carbocycles. The Balaban J connectivity index is 2.60. The third-order valence-corrected chi connectivity index (χ3v) is 2.01. The molecule has 0 aliphatic carbocycles. The minimum absolute atomic E-state index is 0.00130. The summed E-state index contributed by atoms with van der Waals surface area (Å²) in [6, 6.07) is 1.60. The predicted octanol–water partition coefficient (Wildman–Crippen LogP) is 1.85. The van der Waals surface area contributed by atoms with Gasteiger partial charge in [0.1, 0.15) is 5.82 Å². The summed E-state index contributed by atoms with van der Waals surface area (Å²) >= 11 is 0. The van der Waals surface area contributed by atoms with Gasteiger partial charge in [0.05, 0.1) is 0 Å². The van der Waals surface area contributed by atoms with E-state index >= 15 is 0 Å². The molecular weight excluding hydrogens is 233 g/mol. The van der Waals surface area contributed by atoms with Crippen molar-refractivity contribution < 1.29 is 13.2 Å². The van der Waals surface area contributed by atoms with Crippen LogP contribution in [0.25, 0.3) is 11.4 Å². The van der Waals surface area contributed by atoms with Crippen LogP contribution in [-0.4, -0.2) is 15.0 Å². The Morgan fingerprint density at radius 1 is 1.00 bits per heavy atom. The van der Waals surface area contributed by atoms with Crippen LogP contribution >= 0.6 is 0 Å². The van der Waals surface area contributed by atoms with Crippen LogP contribution in [0.3, 0.4) is 0 Å². The third-order valence-electron chi connectivity index (χ3n) is 2.01. The van der Waals surface area contributed by atoms with Gasteiger partial charge in [-0.15, -0.1) is 0 Å². The Labute approximate surface area is 94.3 Å². The molecule has 0 fully saturated rings. The second kappa shape index (κ2) is 4.00. The fourth-order valence-corrected chi connectivity index (χ4v) is 1.32. The van der Waals surface area contributed by atoms with E-state index < -0.39 is 17.5 Å². The van der Waals surface area contributed by atoms with E-state index in [0.717, 1.165) is 12.1 Å². The Morgan fingerprint density at radius 3 is 2.12 bits per heavy atom. The fourth-order valence-electron chi connectivity index (χ4n) is 1.32. The largest absolute Gasteiger partial charge is 0.368 e. The fraction of sp³-hybridized carbons (Fsp3) is 0.100. The molecule has 0 aliphatic rings. The molecule has 2 N–H and O–H groups in total. The van der Waals surface area contributed by atoms with Gasteiger partial charge in [-0.05, 0) is 19.1 Å². The van der Waals surface area contributed by atoms with Crippen molar-refractivity contribution in [2.24, 2.45) is 0 Å². The molecule has 0 bridgehead atoms. The molecule has 0 radical (unpaired) electrons. The zero-order chi connectivity index (χ0) is 12.6. The lowest BCUT2D eigenvalue weighted by Crippen LogP contribution is -2.03. The van der Waals surface area contributed by atoms with Crippen LogP contribution in [0.4, 0.5) is 19.1 Å². The van der Waals surface area contributed by atoms with Crippen molar-refractivity contribution in [2.75, 3.05) is 5.73 Å². The van der Waals surface area contributed by atoms with Gasteiger partial charge in [0.2, 0.25) is 5.95 Å². The molecule has 7 heteroatoms. The molecule has 1 aromatic carbocycles. The highest BCUT2D eigenvalue weighted by Crippen LogP contribution is 2.21. The molecule has 0 spiro atoms. The summed E-state index contributed by atoms with van der Waals surface area (Å²) in [6.45, 7) is 1.55. The average molecular weight is 240 g/mol. The second-order valence-electron chi connectivity index (χ2n) is 3.32. The van der Waals surface area contributed by atoms with Crippen LogP contribution in [0.15, 0.2) is 12.1 Å². The van der Waals surface area contributed by atoms with Gasteiger partial charge in [0.25, 0.3) is 0 Å². The van der Waals surface area contributed by atoms with E-state index in [9.17, 15) is 13.2 Å². The number of aromatic nitrogens is 3. The lowest BCUT2D eigenvalue weighted by molar-refractivity contribution is 0.447. The molecule has 0 amide bonds. The van der Waals surface area contributed by atoms with Crippen LogP contribution in [0.1, 0.15) is 5.82 Å². The number of benzene rings is 1. The quantitative estimate of drug-likeness (QED) is 0.772. The minimum Gasteiger partial charge on any atom is -0.368 e. The highest BCUT2D eigenvalue weighted by atomic mass is 19.2. The zero-order valence-corrected chi connectivity index (χ0v) is 8.71. The normalized spacial score (nSPS) is 10.6. The summed E-state index contributed by atoms with van der Waals surface area (Å²) in [5.41, 5.74) is 5.38. The van der Waals surface area contributed by atoms with E-state index in [1.54, 1.807) is 6.92 Å². The maximum Gasteiger partial charge on any atom is 0.223 e. The summed E-state index contributed by atoms with van der Waals surface area (Å²) in [4.78, 5) is 11.3. The van der Waals surface area contributed by atoms with Gasteiger partial charge in [-0.3, -0.25) is 0 Å². The number of rotatable bonds is 1. The number of aryl methyl sites for hydroxylation is 1. The Kier molecular flexibility index (Phi) is 2.66. The molecule has 0 saturated heterocycles. The van der Waals surface area contributed by atoms with E-state index in [0.29, 0.717) is 5.82 Å². The number of nitrogens with two attached hydrogens (primary N) is 1. The van der Waals surface area contributed by atoms with Crippen LogP contribution in [0.2, 0.25) is 0 Å². The number of hydrogen-bond donors (Lipinski definition) is 1. The first-order chi connectivity index (χ1) is 7.97. The summed E-state index contributed by atoms with van der Waals surface area (Å²) in [7, 11) is 0. The van der Waals surface area contributed by atoms with Crippen LogP contribution in [0, 0.1) is 24.4 Å². The number of hydrogen-bond acceptors (Lipinski definition) is 4. The standard InChI is InChI=1S/C10H7F3N4/c1-4-15-9(17-10(14)16-4)5-2-6(11)8(13)7(12)3-5/h2-3H,1H3,(H2,14,15,16,17). The SMILES string of the molecule is Cc1nc(N)nc(-c2cc(F)c(F)c(F)c2)n1. The minimum atomic E-state index is -1.53. The smallest absolute Gasteiger partial charge is 0.223 e. The Morgan fingerprint density at radius 2 is 1.59 bits per heavy atom. The van der Waals surface area contributed by atoms with Crippen molar-refractivity contribution in [1.29, 1.82) is 0 Å². The van der Waals surface area contributed by atoms with E-state index in [1.807, 2.05) is 0 Å². The van der Waals surface area contributed by atoms with Gasteiger partial charge in [0.15, 0.2) is 23.3 Å². The lowest BCUT2D eigenvalue weighted by Gasteiger charge is -2.03. The molecule has 0 atom stereocenters. The predicted molar refractivity (Wildman–Crippen MR) is 54.3 cm³/mol. The molecule has 1 heterocycles. The van der Waals surface area contributed by atoms with Crippen molar-refractivity contribution in [1.82, 2.24) is 15.0 Å². The molecule has 4 nitrogen and oxygen atoms in total. The van der Waals surface area contributed by atoms with E-state index in [2.05, 4.69) is 15.0 Å². The van der Waals surface area contributed by atoms with Crippen molar-refractivity contribution >= 4 is 5.95 Å². The highest BCUT2D eigenvalue weighted by Gasteiger charge is 2.13. The zero-order valence-electron chi connectivity index (χ0n) is 8.71. The van der Waals surface area contributed by atoms with Gasteiger partial charge in [0, 0.05) is 5.56 Å². The molecule has 0 aliphatic heterocycles. The topological polar surface area (TPSA) is 64.7 Å². The summed E-state index contributed by atoms with van der Waals surface area (Å²) < 4.78 is 38.8. The monoisotopic (exact) mass is 240 g/mol. The van der Waals surface area contributed by atoms with Gasteiger partial charge in [-0.1, -0.05) is 0 Å². The average Bonchev–Trinajstić information content (AvgIpc) is 2.23. The van der Waals surface area contributed by atoms with Crippen molar-refractivity contribution in [2.45, 2.75) is 6.92 Å². The summed E-state index contributed by atoms with van der Waals surface area (Å²) in [6.07, 6.45) is 0. The third kappa shape index (κ3) is 2.17. The molecule has 2 aromatic rings. The first kappa shape index (κ1) is 11.3. The molecular formula is C10H7F3N4. The Hall–Kier alpha value is -2.18. The number of nitrogen functional groups attached to an aromatic ring is 1. The van der Waals surface area contributed by atoms with Crippen LogP contribution in [-0.2, 0) is 0 Å². The van der Waals surface area contributed by atoms with Gasteiger partial charge in [-0.25, -0.2) is 18.2 Å². The molecule has 17 heavy (non-hydrogen) atoms. The van der Waals surface area contributed by atoms with E-state index in [1.165, 1.54) is 0 Å². The first-order valence-electron chi connectivity index (χ1n) is 4.60. The van der Waals surface area contributed by atoms with Gasteiger partial charge >= 0.3 is 0 Å². The Bertz CT molecular complexity index is 543. The van der Waals surface area contributed by atoms with E-state index in [-0.39, 0.29) is 17.3 Å². The number of halogens is 3. The maximum atomic E-state index is 13.0. The highest BCUT2D eigenvalue weighted by molar-refractivity contribution is 5.56. The molecule has 2 rings (SSSR count). The van der Waals surface area contributed by atoms with Crippen molar-refractivity contribution in [3.63, 3.8) is 0 Å². The second-order valence-corrected chi connectivity index (χ2v) is 3.32. The van der Waals surface area contributed by atoms with Crippen LogP contribution in [0.5, 0.6) is 0 Å². The molecule has 1 aromatic heterocycles. The van der Waals surface area contributed by atoms with Crippen molar-refractivity contribution in [3.05, 3.63) is 35.4 Å². The molecule has 88 valence electrons. The number of anilines is 1. The van der Waals surface area contributed by atoms with Crippen molar-refractivity contribution in [3.8, 4) is 11.4 Å². The first-order valence-corrected chi connectivity index (χ1v) is 4.60. The summed E-state index contributed by atoms with van der Waals surface area (Å²) in [5.74, 6) is -3.93. The van der Waals surface area contributed by atoms with Gasteiger partial charge < -0.3 is 5.73 Å². The van der Waals surface area contributed by atoms with Gasteiger partial charge in [-0.2, -0.15) is 9.97 Å². The van der Waals surface area contributed by atoms with E-state index in [4.69, 9.17) is 5.73 Å². The maximum absolute atomic E-state index is 13.0. The lowest BCUT2D eigenvalue weighted by atomic mass is 10.2. The number of nitrogens with zero attached hydrogens (tertiary/aromatic N) is 3. The molecule has 0 unspecified atom stereocenters. The van der Waals surface area contributed by atoms with Crippen LogP contribution < -0.4 is 5.73 Å².